The number of amides is 2. The van der Waals surface area contributed by atoms with Gasteiger partial charge in [-0.3, -0.25) is 14.4 Å². The molecule has 2 amide bonds. The number of hydrogen-bond donors (Lipinski definition) is 1. The molecule has 3 heterocycles. The average Bonchev–Trinajstić information content (AvgIpc) is 3.08. The Kier molecular flexibility index (Phi) is 3.66. The summed E-state index contributed by atoms with van der Waals surface area (Å²) in [6, 6.07) is 5.35. The number of rotatable bonds is 2. The zero-order valence-corrected chi connectivity index (χ0v) is 15.2. The standard InChI is InChI=1S/C17H15FN2O3S2/c1-3-17(2)10-11(24-13-12(17)25-16(23)19-13)15(22)20(14(10)21)9-6-4-8(18)5-7-9/h4-7,10-11H,3H2,1-2H3,(H,19,23)/t10-,11-,17-/m0/s1. The molecule has 1 N–H and O–H groups in total. The van der Waals surface area contributed by atoms with Crippen molar-refractivity contribution in [3.05, 3.63) is 44.6 Å². The summed E-state index contributed by atoms with van der Waals surface area (Å²) >= 11 is 2.36. The van der Waals surface area contributed by atoms with Crippen molar-refractivity contribution in [3.63, 3.8) is 0 Å². The van der Waals surface area contributed by atoms with E-state index >= 15 is 0 Å². The number of aromatic nitrogens is 1. The molecule has 0 aliphatic carbocycles. The number of carbonyl (C=O) groups is 2. The predicted molar refractivity (Wildman–Crippen MR) is 94.6 cm³/mol. The number of anilines is 1. The maximum absolute atomic E-state index is 13.2. The number of nitrogens with one attached hydrogen (secondary N) is 1. The van der Waals surface area contributed by atoms with Crippen molar-refractivity contribution in [1.29, 1.82) is 0 Å². The zero-order valence-electron chi connectivity index (χ0n) is 13.5. The number of halogens is 1. The third-order valence-corrected chi connectivity index (χ3v) is 7.70. The molecule has 0 radical (unpaired) electrons. The smallest absolute Gasteiger partial charge is 0.305 e. The van der Waals surface area contributed by atoms with Crippen LogP contribution in [0.4, 0.5) is 10.1 Å². The Bertz CT molecular complexity index is 936. The van der Waals surface area contributed by atoms with Gasteiger partial charge in [0.25, 0.3) is 0 Å². The number of hydrogen-bond acceptors (Lipinski definition) is 5. The average molecular weight is 378 g/mol. The fraction of sp³-hybridized carbons (Fsp3) is 0.353. The Morgan fingerprint density at radius 2 is 1.88 bits per heavy atom. The van der Waals surface area contributed by atoms with E-state index in [-0.39, 0.29) is 16.7 Å². The second-order valence-corrected chi connectivity index (χ2v) is 8.58. The second-order valence-electron chi connectivity index (χ2n) is 6.45. The molecule has 130 valence electrons. The molecule has 0 bridgehead atoms. The van der Waals surface area contributed by atoms with Crippen LogP contribution in [0.5, 0.6) is 0 Å². The molecule has 1 fully saturated rings. The molecule has 2 aromatic rings. The zero-order chi connectivity index (χ0) is 17.9. The summed E-state index contributed by atoms with van der Waals surface area (Å²) in [4.78, 5) is 42.5. The van der Waals surface area contributed by atoms with E-state index in [0.717, 1.165) is 21.1 Å². The first kappa shape index (κ1) is 16.5. The monoisotopic (exact) mass is 378 g/mol. The van der Waals surface area contributed by atoms with Crippen LogP contribution in [0.3, 0.4) is 0 Å². The molecule has 1 aromatic heterocycles. The highest BCUT2D eigenvalue weighted by atomic mass is 32.2. The molecule has 0 unspecified atom stereocenters. The first-order valence-corrected chi connectivity index (χ1v) is 9.60. The molecule has 4 rings (SSSR count). The Morgan fingerprint density at radius 3 is 2.52 bits per heavy atom. The van der Waals surface area contributed by atoms with Gasteiger partial charge < -0.3 is 4.98 Å². The largest absolute Gasteiger partial charge is 0.307 e. The predicted octanol–water partition coefficient (Wildman–Crippen LogP) is 2.91. The van der Waals surface area contributed by atoms with Crippen LogP contribution in [-0.2, 0) is 15.0 Å². The number of nitrogens with zero attached hydrogens (tertiary/aromatic N) is 1. The third kappa shape index (κ3) is 2.23. The van der Waals surface area contributed by atoms with Crippen LogP contribution in [0.2, 0.25) is 0 Å². The van der Waals surface area contributed by atoms with Crippen LogP contribution in [-0.4, -0.2) is 22.0 Å². The SMILES string of the molecule is CC[C@]1(C)c2sc(=O)[nH]c2S[C@@H]2C(=O)N(c3ccc(F)cc3)C(=O)[C@H]21. The molecule has 3 atom stereocenters. The van der Waals surface area contributed by atoms with E-state index in [1.807, 2.05) is 13.8 Å². The summed E-state index contributed by atoms with van der Waals surface area (Å²) in [5, 5.41) is 0.1000. The van der Waals surface area contributed by atoms with E-state index in [1.54, 1.807) is 0 Å². The van der Waals surface area contributed by atoms with Crippen LogP contribution in [0.25, 0.3) is 0 Å². The van der Waals surface area contributed by atoms with E-state index in [0.29, 0.717) is 17.1 Å². The van der Waals surface area contributed by atoms with Gasteiger partial charge in [0.2, 0.25) is 11.8 Å². The fourth-order valence-corrected chi connectivity index (χ4v) is 6.46. The molecule has 8 heteroatoms. The number of thiazole rings is 1. The Hall–Kier alpha value is -1.93. The summed E-state index contributed by atoms with van der Waals surface area (Å²) in [6.45, 7) is 3.89. The number of aromatic amines is 1. The minimum absolute atomic E-state index is 0.174. The normalized spacial score (nSPS) is 28.2. The van der Waals surface area contributed by atoms with Gasteiger partial charge in [-0.05, 0) is 30.7 Å². The first-order valence-electron chi connectivity index (χ1n) is 7.90. The van der Waals surface area contributed by atoms with E-state index in [2.05, 4.69) is 4.98 Å². The number of fused-ring (bicyclic) bond motifs is 2. The Morgan fingerprint density at radius 1 is 1.20 bits per heavy atom. The molecule has 2 aliphatic heterocycles. The summed E-state index contributed by atoms with van der Waals surface area (Å²) in [7, 11) is 0. The molecular formula is C17H15FN2O3S2. The topological polar surface area (TPSA) is 70.2 Å². The van der Waals surface area contributed by atoms with Crippen LogP contribution < -0.4 is 9.77 Å². The lowest BCUT2D eigenvalue weighted by Gasteiger charge is -2.38. The molecule has 1 aromatic carbocycles. The summed E-state index contributed by atoms with van der Waals surface area (Å²) in [5.41, 5.74) is -0.210. The van der Waals surface area contributed by atoms with Gasteiger partial charge in [0, 0.05) is 10.3 Å². The minimum atomic E-state index is -0.587. The number of imide groups is 1. The van der Waals surface area contributed by atoms with Crippen molar-refractivity contribution in [2.75, 3.05) is 4.90 Å². The van der Waals surface area contributed by atoms with Gasteiger partial charge in [-0.15, -0.1) is 0 Å². The van der Waals surface area contributed by atoms with Gasteiger partial charge in [0.1, 0.15) is 11.1 Å². The van der Waals surface area contributed by atoms with Gasteiger partial charge in [0.15, 0.2) is 0 Å². The molecule has 1 saturated heterocycles. The molecule has 5 nitrogen and oxygen atoms in total. The molecule has 2 aliphatic rings. The quantitative estimate of drug-likeness (QED) is 0.816. The summed E-state index contributed by atoms with van der Waals surface area (Å²) < 4.78 is 13.2. The molecule has 25 heavy (non-hydrogen) atoms. The second kappa shape index (κ2) is 5.54. The van der Waals surface area contributed by atoms with E-state index in [9.17, 15) is 18.8 Å². The van der Waals surface area contributed by atoms with Gasteiger partial charge in [-0.2, -0.15) is 0 Å². The fourth-order valence-electron chi connectivity index (χ4n) is 3.64. The summed E-state index contributed by atoms with van der Waals surface area (Å²) in [6.07, 6.45) is 0.631. The van der Waals surface area contributed by atoms with Crippen LogP contribution >= 0.6 is 23.1 Å². The Balaban J connectivity index is 1.83. The Labute approximate surface area is 151 Å². The third-order valence-electron chi connectivity index (χ3n) is 5.14. The van der Waals surface area contributed by atoms with Crippen molar-refractivity contribution in [2.45, 2.75) is 36.0 Å². The van der Waals surface area contributed by atoms with Crippen molar-refractivity contribution in [1.82, 2.24) is 4.98 Å². The number of thioether (sulfide) groups is 1. The lowest BCUT2D eigenvalue weighted by Crippen LogP contribution is -2.43. The molecule has 0 saturated carbocycles. The number of carbonyl (C=O) groups excluding carboxylic acids is 2. The van der Waals surface area contributed by atoms with Gasteiger partial charge in [-0.1, -0.05) is 36.9 Å². The van der Waals surface area contributed by atoms with Crippen LogP contribution in [0.1, 0.15) is 25.1 Å². The van der Waals surface area contributed by atoms with Crippen LogP contribution in [0.15, 0.2) is 34.1 Å². The maximum atomic E-state index is 13.2. The first-order chi connectivity index (χ1) is 11.9. The molecular weight excluding hydrogens is 363 g/mol. The highest BCUT2D eigenvalue weighted by molar-refractivity contribution is 8.00. The van der Waals surface area contributed by atoms with Crippen molar-refractivity contribution >= 4 is 40.6 Å². The highest BCUT2D eigenvalue weighted by Crippen LogP contribution is 2.55. The van der Waals surface area contributed by atoms with E-state index in [1.165, 1.54) is 36.0 Å². The maximum Gasteiger partial charge on any atom is 0.305 e. The molecule has 0 spiro atoms. The summed E-state index contributed by atoms with van der Waals surface area (Å²) in [5.74, 6) is -1.57. The van der Waals surface area contributed by atoms with E-state index in [4.69, 9.17) is 0 Å². The van der Waals surface area contributed by atoms with Gasteiger partial charge in [0.05, 0.1) is 16.6 Å². The minimum Gasteiger partial charge on any atom is -0.307 e. The lowest BCUT2D eigenvalue weighted by atomic mass is 9.72. The number of H-pyrrole nitrogens is 1. The van der Waals surface area contributed by atoms with Gasteiger partial charge in [-0.25, -0.2) is 9.29 Å². The van der Waals surface area contributed by atoms with Crippen molar-refractivity contribution in [2.24, 2.45) is 5.92 Å². The highest BCUT2D eigenvalue weighted by Gasteiger charge is 2.60. The van der Waals surface area contributed by atoms with Crippen molar-refractivity contribution in [3.8, 4) is 0 Å². The number of benzene rings is 1. The van der Waals surface area contributed by atoms with E-state index < -0.39 is 22.4 Å². The van der Waals surface area contributed by atoms with Crippen molar-refractivity contribution < 1.29 is 14.0 Å². The van der Waals surface area contributed by atoms with Crippen LogP contribution in [0, 0.1) is 11.7 Å². The lowest BCUT2D eigenvalue weighted by molar-refractivity contribution is -0.123. The van der Waals surface area contributed by atoms with Gasteiger partial charge >= 0.3 is 4.87 Å².